The molecule has 1 atom stereocenters. The zero-order chi connectivity index (χ0) is 13.5. The zero-order valence-electron chi connectivity index (χ0n) is 11.8. The third-order valence-electron chi connectivity index (χ3n) is 2.73. The van der Waals surface area contributed by atoms with Crippen LogP contribution < -0.4 is 10.6 Å². The second kappa shape index (κ2) is 7.04. The quantitative estimate of drug-likeness (QED) is 0.812. The van der Waals surface area contributed by atoms with E-state index in [1.807, 2.05) is 39.0 Å². The minimum atomic E-state index is -0.217. The number of benzene rings is 1. The molecule has 1 amide bonds. The van der Waals surface area contributed by atoms with Crippen LogP contribution in [-0.4, -0.2) is 18.0 Å². The summed E-state index contributed by atoms with van der Waals surface area (Å²) in [5, 5.41) is 6.20. The number of nitrogens with one attached hydrogen (secondary N) is 2. The smallest absolute Gasteiger partial charge is 0.242 e. The molecule has 0 aromatic heterocycles. The van der Waals surface area contributed by atoms with Gasteiger partial charge in [-0.05, 0) is 38.8 Å². The van der Waals surface area contributed by atoms with Gasteiger partial charge in [-0.1, -0.05) is 31.5 Å². The maximum absolute atomic E-state index is 11.9. The van der Waals surface area contributed by atoms with Crippen LogP contribution in [0.15, 0.2) is 24.3 Å². The Bertz CT molecular complexity index is 388. The molecular formula is C15H24N2O. The predicted molar refractivity (Wildman–Crippen MR) is 76.8 cm³/mol. The first-order valence-corrected chi connectivity index (χ1v) is 6.69. The van der Waals surface area contributed by atoms with Crippen LogP contribution in [0.2, 0.25) is 0 Å². The molecule has 1 unspecified atom stereocenters. The molecule has 18 heavy (non-hydrogen) atoms. The Morgan fingerprint density at radius 3 is 2.50 bits per heavy atom. The zero-order valence-corrected chi connectivity index (χ0v) is 11.8. The number of anilines is 1. The van der Waals surface area contributed by atoms with Gasteiger partial charge in [-0.25, -0.2) is 0 Å². The predicted octanol–water partition coefficient (Wildman–Crippen LogP) is 2.96. The van der Waals surface area contributed by atoms with E-state index in [9.17, 15) is 4.79 Å². The second-order valence-corrected chi connectivity index (χ2v) is 4.94. The van der Waals surface area contributed by atoms with Gasteiger partial charge >= 0.3 is 0 Å². The van der Waals surface area contributed by atoms with Crippen LogP contribution in [-0.2, 0) is 11.2 Å². The van der Waals surface area contributed by atoms with Crippen molar-refractivity contribution in [1.82, 2.24) is 5.32 Å². The lowest BCUT2D eigenvalue weighted by atomic mass is 10.1. The number of carbonyl (C=O) groups excluding carboxylic acids is 1. The molecule has 3 heteroatoms. The summed E-state index contributed by atoms with van der Waals surface area (Å²) >= 11 is 0. The molecule has 0 aliphatic carbocycles. The summed E-state index contributed by atoms with van der Waals surface area (Å²) in [5.41, 5.74) is 2.33. The van der Waals surface area contributed by atoms with E-state index in [0.717, 1.165) is 18.5 Å². The minimum absolute atomic E-state index is 0.0382. The number of hydrogen-bond donors (Lipinski definition) is 2. The van der Waals surface area contributed by atoms with Crippen molar-refractivity contribution in [2.75, 3.05) is 5.32 Å². The number of hydrogen-bond acceptors (Lipinski definition) is 2. The van der Waals surface area contributed by atoms with Gasteiger partial charge in [0.1, 0.15) is 6.04 Å². The Labute approximate surface area is 110 Å². The molecule has 0 fully saturated rings. The standard InChI is InChI=1S/C15H24N2O/c1-5-8-13-9-6-7-10-14(13)17-12(4)15(18)16-11(2)3/h6-7,9-12,17H,5,8H2,1-4H3,(H,16,18). The number of carbonyl (C=O) groups is 1. The van der Waals surface area contributed by atoms with Crippen LogP contribution in [0.25, 0.3) is 0 Å². The fraction of sp³-hybridized carbons (Fsp3) is 0.533. The van der Waals surface area contributed by atoms with Gasteiger partial charge in [0.2, 0.25) is 5.91 Å². The van der Waals surface area contributed by atoms with Crippen LogP contribution in [0, 0.1) is 0 Å². The molecule has 1 aromatic carbocycles. The van der Waals surface area contributed by atoms with Crippen LogP contribution in [0.1, 0.15) is 39.7 Å². The summed E-state index contributed by atoms with van der Waals surface area (Å²) in [4.78, 5) is 11.9. The van der Waals surface area contributed by atoms with Gasteiger partial charge in [0, 0.05) is 11.7 Å². The minimum Gasteiger partial charge on any atom is -0.374 e. The molecule has 0 aliphatic heterocycles. The summed E-state index contributed by atoms with van der Waals surface area (Å²) in [6, 6.07) is 8.13. The number of para-hydroxylation sites is 1. The van der Waals surface area contributed by atoms with Crippen LogP contribution >= 0.6 is 0 Å². The van der Waals surface area contributed by atoms with Crippen molar-refractivity contribution in [1.29, 1.82) is 0 Å². The summed E-state index contributed by atoms with van der Waals surface area (Å²) in [6.45, 7) is 7.98. The van der Waals surface area contributed by atoms with E-state index in [1.54, 1.807) is 0 Å². The van der Waals surface area contributed by atoms with Gasteiger partial charge in [0.15, 0.2) is 0 Å². The molecule has 0 spiro atoms. The van der Waals surface area contributed by atoms with Crippen LogP contribution in [0.3, 0.4) is 0 Å². The highest BCUT2D eigenvalue weighted by Crippen LogP contribution is 2.17. The van der Waals surface area contributed by atoms with E-state index in [-0.39, 0.29) is 18.0 Å². The summed E-state index contributed by atoms with van der Waals surface area (Å²) in [7, 11) is 0. The Kier molecular flexibility index (Phi) is 5.69. The molecule has 2 N–H and O–H groups in total. The number of aryl methyl sites for hydroxylation is 1. The highest BCUT2D eigenvalue weighted by atomic mass is 16.2. The van der Waals surface area contributed by atoms with Gasteiger partial charge in [-0.15, -0.1) is 0 Å². The molecule has 3 nitrogen and oxygen atoms in total. The first-order chi connectivity index (χ1) is 8.54. The molecule has 100 valence electrons. The molecule has 0 saturated heterocycles. The van der Waals surface area contributed by atoms with Crippen molar-refractivity contribution in [3.05, 3.63) is 29.8 Å². The van der Waals surface area contributed by atoms with Gasteiger partial charge in [-0.2, -0.15) is 0 Å². The Balaban J connectivity index is 2.69. The lowest BCUT2D eigenvalue weighted by Gasteiger charge is -2.19. The third kappa shape index (κ3) is 4.40. The second-order valence-electron chi connectivity index (χ2n) is 4.94. The maximum atomic E-state index is 11.9. The molecule has 0 heterocycles. The Morgan fingerprint density at radius 2 is 1.89 bits per heavy atom. The molecule has 0 radical (unpaired) electrons. The molecule has 0 aliphatic rings. The fourth-order valence-corrected chi connectivity index (χ4v) is 1.86. The van der Waals surface area contributed by atoms with Gasteiger partial charge < -0.3 is 10.6 Å². The first-order valence-electron chi connectivity index (χ1n) is 6.69. The third-order valence-corrected chi connectivity index (χ3v) is 2.73. The monoisotopic (exact) mass is 248 g/mol. The summed E-state index contributed by atoms with van der Waals surface area (Å²) in [5.74, 6) is 0.0382. The number of rotatable bonds is 6. The summed E-state index contributed by atoms with van der Waals surface area (Å²) < 4.78 is 0. The van der Waals surface area contributed by atoms with Crippen molar-refractivity contribution < 1.29 is 4.79 Å². The van der Waals surface area contributed by atoms with E-state index < -0.39 is 0 Å². The Morgan fingerprint density at radius 1 is 1.22 bits per heavy atom. The molecule has 0 bridgehead atoms. The molecular weight excluding hydrogens is 224 g/mol. The highest BCUT2D eigenvalue weighted by Gasteiger charge is 2.14. The first kappa shape index (κ1) is 14.6. The van der Waals surface area contributed by atoms with Crippen molar-refractivity contribution in [3.8, 4) is 0 Å². The average Bonchev–Trinajstić information content (AvgIpc) is 2.31. The SMILES string of the molecule is CCCc1ccccc1NC(C)C(=O)NC(C)C. The van der Waals surface area contributed by atoms with E-state index in [4.69, 9.17) is 0 Å². The summed E-state index contributed by atoms with van der Waals surface area (Å²) in [6.07, 6.45) is 2.13. The average molecular weight is 248 g/mol. The van der Waals surface area contributed by atoms with Crippen LogP contribution in [0.5, 0.6) is 0 Å². The largest absolute Gasteiger partial charge is 0.374 e. The topological polar surface area (TPSA) is 41.1 Å². The lowest BCUT2D eigenvalue weighted by molar-refractivity contribution is -0.122. The van der Waals surface area contributed by atoms with Crippen molar-refractivity contribution in [3.63, 3.8) is 0 Å². The highest BCUT2D eigenvalue weighted by molar-refractivity contribution is 5.84. The van der Waals surface area contributed by atoms with E-state index in [2.05, 4.69) is 23.6 Å². The Hall–Kier alpha value is -1.51. The van der Waals surface area contributed by atoms with E-state index in [1.165, 1.54) is 5.56 Å². The fourth-order valence-electron chi connectivity index (χ4n) is 1.86. The molecule has 0 saturated carbocycles. The maximum Gasteiger partial charge on any atom is 0.242 e. The van der Waals surface area contributed by atoms with E-state index in [0.29, 0.717) is 0 Å². The van der Waals surface area contributed by atoms with Gasteiger partial charge in [0.05, 0.1) is 0 Å². The van der Waals surface area contributed by atoms with Gasteiger partial charge in [-0.3, -0.25) is 4.79 Å². The van der Waals surface area contributed by atoms with E-state index >= 15 is 0 Å². The van der Waals surface area contributed by atoms with Crippen molar-refractivity contribution in [2.24, 2.45) is 0 Å². The molecule has 1 rings (SSSR count). The van der Waals surface area contributed by atoms with Gasteiger partial charge in [0.25, 0.3) is 0 Å². The normalized spacial score (nSPS) is 12.3. The number of amides is 1. The molecule has 1 aromatic rings. The van der Waals surface area contributed by atoms with Crippen LogP contribution in [0.4, 0.5) is 5.69 Å². The lowest BCUT2D eigenvalue weighted by Crippen LogP contribution is -2.41. The van der Waals surface area contributed by atoms with Crippen molar-refractivity contribution in [2.45, 2.75) is 52.6 Å². The van der Waals surface area contributed by atoms with Crippen molar-refractivity contribution >= 4 is 11.6 Å².